The third kappa shape index (κ3) is 8.64. The minimum absolute atomic E-state index is 0.227. The number of esters is 1. The van der Waals surface area contributed by atoms with Crippen molar-refractivity contribution in [2.24, 2.45) is 29.4 Å². The zero-order valence-corrected chi connectivity index (χ0v) is 35.1. The average Bonchev–Trinajstić information content (AvgIpc) is 3.70. The van der Waals surface area contributed by atoms with Crippen LogP contribution in [0.15, 0.2) is 30.6 Å². The third-order valence-electron chi connectivity index (χ3n) is 12.8. The molecule has 0 aliphatic carbocycles. The van der Waals surface area contributed by atoms with Gasteiger partial charge in [-0.25, -0.2) is 20.2 Å². The molecule has 3 fully saturated rings. The molecule has 1 aromatic heterocycles. The molecule has 4 heterocycles. The van der Waals surface area contributed by atoms with Crippen LogP contribution in [-0.2, 0) is 39.8 Å². The van der Waals surface area contributed by atoms with Crippen molar-refractivity contribution in [2.75, 3.05) is 27.7 Å². The molecule has 0 spiro atoms. The maximum absolute atomic E-state index is 14.3. The summed E-state index contributed by atoms with van der Waals surface area (Å²) < 4.78 is 33.5. The van der Waals surface area contributed by atoms with Crippen LogP contribution in [0.25, 0.3) is 11.0 Å². The number of aromatic nitrogens is 2. The van der Waals surface area contributed by atoms with Crippen LogP contribution >= 0.6 is 0 Å². The van der Waals surface area contributed by atoms with E-state index in [1.165, 1.54) is 11.9 Å². The molecule has 3 aliphatic rings. The molecule has 14 atom stereocenters. The molecule has 1 aromatic carbocycles. The van der Waals surface area contributed by atoms with E-state index in [-0.39, 0.29) is 24.0 Å². The van der Waals surface area contributed by atoms with Gasteiger partial charge in [-0.2, -0.15) is 0 Å². The fraction of sp³-hybridized carbons (Fsp3) is 0.756. The molecule has 314 valence electrons. The first-order chi connectivity index (χ1) is 26.4. The number of nitrogens with zero attached hydrogens (tertiary/aromatic N) is 4. The van der Waals surface area contributed by atoms with Gasteiger partial charge in [0.05, 0.1) is 41.2 Å². The van der Waals surface area contributed by atoms with Gasteiger partial charge in [0.25, 0.3) is 0 Å². The largest absolute Gasteiger partial charge is 0.458 e. The summed E-state index contributed by atoms with van der Waals surface area (Å²) in [5, 5.41) is 13.0. The number of Topliss-reactive ketones (excluding diaryl/α,β-unsaturated/α-hetero) is 1. The number of amides is 1. The normalized spacial score (nSPS) is 39.0. The second kappa shape index (κ2) is 17.8. The molecule has 4 N–H and O–H groups in total. The highest BCUT2D eigenvalue weighted by Crippen LogP contribution is 2.43. The number of hydrazine groups is 1. The SMILES string of the molecule is CC[C@H]1OC(=O)[C@H](C)C(=O)[C@H](C)[C@@H](O[C@@H]2O[C@H](C)C[C@H](N(C)C)[C@H]2O)[C@@](C)(OC)C[C@@H](C)C(N)[C@H](C)[C@H]2N(NCCCn3cnc4ccccc43)C(=O)O[C@]12C. The van der Waals surface area contributed by atoms with Gasteiger partial charge in [0.1, 0.15) is 18.1 Å². The van der Waals surface area contributed by atoms with Crippen LogP contribution < -0.4 is 11.2 Å². The number of ketones is 1. The Bertz CT molecular complexity index is 1670. The Labute approximate surface area is 331 Å². The van der Waals surface area contributed by atoms with Crippen molar-refractivity contribution < 1.29 is 43.2 Å². The summed E-state index contributed by atoms with van der Waals surface area (Å²) in [5.41, 5.74) is 10.0. The maximum atomic E-state index is 14.3. The molecular formula is C41H66N6O9. The summed E-state index contributed by atoms with van der Waals surface area (Å²) in [6, 6.07) is 6.49. The van der Waals surface area contributed by atoms with E-state index >= 15 is 0 Å². The minimum Gasteiger partial charge on any atom is -0.458 e. The van der Waals surface area contributed by atoms with Gasteiger partial charge in [0.15, 0.2) is 17.7 Å². The number of rotatable bonds is 10. The highest BCUT2D eigenvalue weighted by Gasteiger charge is 2.60. The Balaban J connectivity index is 1.46. The Morgan fingerprint density at radius 3 is 2.46 bits per heavy atom. The van der Waals surface area contributed by atoms with E-state index in [1.54, 1.807) is 21.0 Å². The van der Waals surface area contributed by atoms with E-state index in [9.17, 15) is 19.5 Å². The fourth-order valence-corrected chi connectivity index (χ4v) is 9.40. The zero-order valence-electron chi connectivity index (χ0n) is 35.1. The summed E-state index contributed by atoms with van der Waals surface area (Å²) in [5.74, 6) is -3.85. The predicted molar refractivity (Wildman–Crippen MR) is 210 cm³/mol. The molecule has 56 heavy (non-hydrogen) atoms. The molecule has 3 aliphatic heterocycles. The first kappa shape index (κ1) is 43.9. The molecule has 0 radical (unpaired) electrons. The van der Waals surface area contributed by atoms with E-state index in [2.05, 4.69) is 15.0 Å². The summed E-state index contributed by atoms with van der Waals surface area (Å²) in [6.07, 6.45) is -1.00. The molecule has 15 nitrogen and oxygen atoms in total. The smallest absolute Gasteiger partial charge is 0.425 e. The number of fused-ring (bicyclic) bond motifs is 2. The van der Waals surface area contributed by atoms with Crippen molar-refractivity contribution in [3.63, 3.8) is 0 Å². The van der Waals surface area contributed by atoms with E-state index < -0.39 is 77.6 Å². The number of benzene rings is 1. The maximum Gasteiger partial charge on any atom is 0.425 e. The average molecular weight is 787 g/mol. The van der Waals surface area contributed by atoms with Crippen molar-refractivity contribution in [1.29, 1.82) is 0 Å². The standard InChI is InChI=1S/C41H66N6O9/c1-12-31-41(8)35(47(39(51)56-41)44-18-15-19-46-22-43-28-16-13-14-17-29(28)46)25(4)32(42)23(2)21-40(7,52-11)36(26(5)33(48)27(6)37(50)54-31)55-38-34(49)30(45(9)10)20-24(3)53-38/h13-14,16-17,22-27,30-32,34-36,38,44,49H,12,15,18-21,42H2,1-11H3/t23-,24-,25+,26+,27-,30+,31-,32?,34-,35-,36-,38+,40+,41-/m1/s1. The van der Waals surface area contributed by atoms with Crippen LogP contribution in [0.5, 0.6) is 0 Å². The Morgan fingerprint density at radius 2 is 1.80 bits per heavy atom. The number of carbonyl (C=O) groups is 3. The van der Waals surface area contributed by atoms with Gasteiger partial charge < -0.3 is 44.0 Å². The van der Waals surface area contributed by atoms with Crippen LogP contribution in [0.3, 0.4) is 0 Å². The zero-order chi connectivity index (χ0) is 41.3. The number of ether oxygens (including phenoxy) is 5. The first-order valence-electron chi connectivity index (χ1n) is 20.2. The molecule has 0 bridgehead atoms. The molecule has 3 saturated heterocycles. The van der Waals surface area contributed by atoms with Gasteiger partial charge in [-0.15, -0.1) is 0 Å². The lowest BCUT2D eigenvalue weighted by atomic mass is 9.72. The third-order valence-corrected chi connectivity index (χ3v) is 12.8. The van der Waals surface area contributed by atoms with E-state index in [4.69, 9.17) is 29.4 Å². The summed E-state index contributed by atoms with van der Waals surface area (Å²) in [6.45, 7) is 15.8. The number of aliphatic hydroxyl groups is 1. The summed E-state index contributed by atoms with van der Waals surface area (Å²) in [4.78, 5) is 48.6. The fourth-order valence-electron chi connectivity index (χ4n) is 9.40. The molecular weight excluding hydrogens is 720 g/mol. The summed E-state index contributed by atoms with van der Waals surface area (Å²) in [7, 11) is 5.35. The van der Waals surface area contributed by atoms with Crippen molar-refractivity contribution in [3.8, 4) is 0 Å². The first-order valence-corrected chi connectivity index (χ1v) is 20.2. The second-order valence-electron chi connectivity index (χ2n) is 17.1. The van der Waals surface area contributed by atoms with E-state index in [0.717, 1.165) is 11.0 Å². The minimum atomic E-state index is -1.31. The van der Waals surface area contributed by atoms with Gasteiger partial charge in [-0.1, -0.05) is 39.8 Å². The van der Waals surface area contributed by atoms with E-state index in [0.29, 0.717) is 38.8 Å². The molecule has 2 aromatic rings. The Morgan fingerprint density at radius 1 is 1.11 bits per heavy atom. The second-order valence-corrected chi connectivity index (χ2v) is 17.1. The number of nitrogens with one attached hydrogen (secondary N) is 1. The molecule has 1 amide bonds. The van der Waals surface area contributed by atoms with Crippen LogP contribution in [0.4, 0.5) is 4.79 Å². The van der Waals surface area contributed by atoms with Crippen LogP contribution in [0, 0.1) is 23.7 Å². The molecule has 15 heteroatoms. The number of aryl methyl sites for hydroxylation is 1. The van der Waals surface area contributed by atoms with Gasteiger partial charge in [-0.05, 0) is 91.4 Å². The number of imidazole rings is 1. The Hall–Kier alpha value is -3.18. The Kier molecular flexibility index (Phi) is 13.9. The number of aliphatic hydroxyl groups excluding tert-OH is 1. The lowest BCUT2D eigenvalue weighted by Crippen LogP contribution is -2.63. The number of likely N-dealkylation sites (N-methyl/N-ethyl adjacent to an activating group) is 1. The lowest BCUT2D eigenvalue weighted by Gasteiger charge is -2.48. The topological polar surface area (TPSA) is 180 Å². The number of carbonyl (C=O) groups excluding carboxylic acids is 3. The number of methoxy groups -OCH3 is 1. The van der Waals surface area contributed by atoms with Gasteiger partial charge in [-0.3, -0.25) is 9.59 Å². The van der Waals surface area contributed by atoms with Crippen molar-refractivity contribution >= 4 is 28.9 Å². The quantitative estimate of drug-likeness (QED) is 0.180. The van der Waals surface area contributed by atoms with Crippen molar-refractivity contribution in [1.82, 2.24) is 24.9 Å². The molecule has 0 saturated carbocycles. The van der Waals surface area contributed by atoms with Crippen LogP contribution in [-0.4, -0.2) is 130 Å². The van der Waals surface area contributed by atoms with Gasteiger partial charge in [0.2, 0.25) is 0 Å². The van der Waals surface area contributed by atoms with Crippen LogP contribution in [0.2, 0.25) is 0 Å². The van der Waals surface area contributed by atoms with Crippen LogP contribution in [0.1, 0.15) is 81.1 Å². The molecule has 5 rings (SSSR count). The number of hydrogen-bond donors (Lipinski definition) is 3. The lowest BCUT2D eigenvalue weighted by molar-refractivity contribution is -0.295. The van der Waals surface area contributed by atoms with Crippen molar-refractivity contribution in [3.05, 3.63) is 30.6 Å². The predicted octanol–water partition coefficient (Wildman–Crippen LogP) is 3.89. The number of cyclic esters (lactones) is 1. The highest BCUT2D eigenvalue weighted by molar-refractivity contribution is 6.00. The van der Waals surface area contributed by atoms with E-state index in [1.807, 2.05) is 84.2 Å². The monoisotopic (exact) mass is 786 g/mol. The van der Waals surface area contributed by atoms with Gasteiger partial charge >= 0.3 is 12.1 Å². The molecule has 1 unspecified atom stereocenters. The number of nitrogens with two attached hydrogens (primary N) is 1. The number of hydrogen-bond acceptors (Lipinski definition) is 13. The number of para-hydroxylation sites is 2. The van der Waals surface area contributed by atoms with Crippen molar-refractivity contribution in [2.45, 2.75) is 148 Å². The summed E-state index contributed by atoms with van der Waals surface area (Å²) >= 11 is 0. The van der Waals surface area contributed by atoms with Gasteiger partial charge in [0, 0.05) is 38.2 Å². The highest BCUT2D eigenvalue weighted by atomic mass is 16.7.